The van der Waals surface area contributed by atoms with Crippen molar-refractivity contribution in [3.05, 3.63) is 11.8 Å². The Morgan fingerprint density at radius 3 is 2.50 bits per heavy atom. The lowest BCUT2D eigenvalue weighted by Crippen LogP contribution is -2.37. The SMILES string of the molecule is CON(C(=N)N)c1nc(C)cc(N(C)C)n1. The lowest BCUT2D eigenvalue weighted by molar-refractivity contribution is 0.204. The Kier molecular flexibility index (Phi) is 3.62. The van der Waals surface area contributed by atoms with Crippen LogP contribution in [0, 0.1) is 12.3 Å². The number of hydrogen-bond acceptors (Lipinski definition) is 5. The number of guanidine groups is 1. The minimum atomic E-state index is -0.266. The lowest BCUT2D eigenvalue weighted by Gasteiger charge is -2.19. The molecular weight excluding hydrogens is 208 g/mol. The summed E-state index contributed by atoms with van der Waals surface area (Å²) in [5.74, 6) is 0.710. The van der Waals surface area contributed by atoms with Crippen molar-refractivity contribution >= 4 is 17.7 Å². The maximum atomic E-state index is 7.32. The number of nitrogens with zero attached hydrogens (tertiary/aromatic N) is 4. The van der Waals surface area contributed by atoms with Crippen LogP contribution in [0.4, 0.5) is 11.8 Å². The Morgan fingerprint density at radius 1 is 1.44 bits per heavy atom. The summed E-state index contributed by atoms with van der Waals surface area (Å²) in [7, 11) is 5.15. The topological polar surface area (TPSA) is 91.4 Å². The van der Waals surface area contributed by atoms with Crippen LogP contribution in [-0.2, 0) is 4.84 Å². The fraction of sp³-hybridized carbons (Fsp3) is 0.444. The third-order valence-electron chi connectivity index (χ3n) is 1.87. The molecule has 0 aliphatic carbocycles. The molecule has 16 heavy (non-hydrogen) atoms. The Bertz CT molecular complexity index is 392. The predicted molar refractivity (Wildman–Crippen MR) is 62.5 cm³/mol. The van der Waals surface area contributed by atoms with Gasteiger partial charge in [0, 0.05) is 25.9 Å². The van der Waals surface area contributed by atoms with Gasteiger partial charge in [-0.1, -0.05) is 0 Å². The molecule has 0 bridgehead atoms. The fourth-order valence-corrected chi connectivity index (χ4v) is 1.14. The second-order valence-electron chi connectivity index (χ2n) is 3.42. The van der Waals surface area contributed by atoms with Gasteiger partial charge in [-0.25, -0.2) is 4.98 Å². The minimum Gasteiger partial charge on any atom is -0.368 e. The van der Waals surface area contributed by atoms with Crippen LogP contribution in [0.1, 0.15) is 5.69 Å². The van der Waals surface area contributed by atoms with Gasteiger partial charge in [0.05, 0.1) is 7.11 Å². The van der Waals surface area contributed by atoms with Gasteiger partial charge in [-0.15, -0.1) is 0 Å². The van der Waals surface area contributed by atoms with E-state index >= 15 is 0 Å². The summed E-state index contributed by atoms with van der Waals surface area (Å²) < 4.78 is 0. The molecule has 1 aromatic rings. The minimum absolute atomic E-state index is 0.249. The predicted octanol–water partition coefficient (Wildman–Crippen LogP) is 0.112. The number of aromatic nitrogens is 2. The van der Waals surface area contributed by atoms with Gasteiger partial charge in [0.2, 0.25) is 5.96 Å². The molecule has 88 valence electrons. The van der Waals surface area contributed by atoms with Crippen LogP contribution in [0.3, 0.4) is 0 Å². The molecule has 0 amide bonds. The molecule has 7 nitrogen and oxygen atoms in total. The van der Waals surface area contributed by atoms with E-state index in [9.17, 15) is 0 Å². The molecule has 3 N–H and O–H groups in total. The highest BCUT2D eigenvalue weighted by molar-refractivity contribution is 5.88. The summed E-state index contributed by atoms with van der Waals surface area (Å²) in [6.07, 6.45) is 0. The van der Waals surface area contributed by atoms with Gasteiger partial charge in [0.15, 0.2) is 0 Å². The van der Waals surface area contributed by atoms with Crippen molar-refractivity contribution < 1.29 is 4.84 Å². The first kappa shape index (κ1) is 12.2. The molecule has 7 heteroatoms. The average Bonchev–Trinajstić information content (AvgIpc) is 2.17. The summed E-state index contributed by atoms with van der Waals surface area (Å²) in [4.78, 5) is 15.1. The van der Waals surface area contributed by atoms with Gasteiger partial charge in [0.1, 0.15) is 5.82 Å². The molecule has 0 saturated heterocycles. The largest absolute Gasteiger partial charge is 0.368 e. The highest BCUT2D eigenvalue weighted by atomic mass is 16.7. The number of nitrogens with one attached hydrogen (secondary N) is 1. The fourth-order valence-electron chi connectivity index (χ4n) is 1.14. The second kappa shape index (κ2) is 4.75. The van der Waals surface area contributed by atoms with Crippen LogP contribution in [0.2, 0.25) is 0 Å². The summed E-state index contributed by atoms with van der Waals surface area (Å²) in [6.45, 7) is 1.84. The molecule has 0 aliphatic heterocycles. The average molecular weight is 224 g/mol. The zero-order valence-electron chi connectivity index (χ0n) is 9.85. The molecular formula is C9H16N6O. The van der Waals surface area contributed by atoms with Crippen LogP contribution in [0.15, 0.2) is 6.07 Å². The molecule has 1 heterocycles. The Balaban J connectivity index is 3.17. The number of rotatable bonds is 3. The third-order valence-corrected chi connectivity index (χ3v) is 1.87. The highest BCUT2D eigenvalue weighted by Gasteiger charge is 2.14. The number of nitrogens with two attached hydrogens (primary N) is 1. The van der Waals surface area contributed by atoms with Crippen molar-refractivity contribution in [2.75, 3.05) is 31.2 Å². The smallest absolute Gasteiger partial charge is 0.259 e. The molecule has 0 aromatic carbocycles. The van der Waals surface area contributed by atoms with Gasteiger partial charge in [-0.05, 0) is 6.92 Å². The molecule has 0 spiro atoms. The second-order valence-corrected chi connectivity index (χ2v) is 3.42. The quantitative estimate of drug-likeness (QED) is 0.430. The van der Waals surface area contributed by atoms with Gasteiger partial charge in [0.25, 0.3) is 5.95 Å². The zero-order chi connectivity index (χ0) is 12.3. The van der Waals surface area contributed by atoms with E-state index in [-0.39, 0.29) is 11.9 Å². The summed E-state index contributed by atoms with van der Waals surface area (Å²) in [6, 6.07) is 1.83. The highest BCUT2D eigenvalue weighted by Crippen LogP contribution is 2.15. The van der Waals surface area contributed by atoms with E-state index < -0.39 is 0 Å². The molecule has 0 fully saturated rings. The van der Waals surface area contributed by atoms with Gasteiger partial charge < -0.3 is 10.6 Å². The lowest BCUT2D eigenvalue weighted by atomic mass is 10.4. The zero-order valence-corrected chi connectivity index (χ0v) is 9.85. The van der Waals surface area contributed by atoms with Crippen molar-refractivity contribution in [3.63, 3.8) is 0 Å². The molecule has 0 radical (unpaired) electrons. The van der Waals surface area contributed by atoms with Crippen LogP contribution < -0.4 is 15.7 Å². The monoisotopic (exact) mass is 224 g/mol. The first-order valence-corrected chi connectivity index (χ1v) is 4.67. The molecule has 1 aromatic heterocycles. The van der Waals surface area contributed by atoms with E-state index in [0.717, 1.165) is 16.6 Å². The van der Waals surface area contributed by atoms with E-state index in [0.29, 0.717) is 0 Å². The van der Waals surface area contributed by atoms with E-state index in [1.54, 1.807) is 0 Å². The third kappa shape index (κ3) is 2.57. The molecule has 0 saturated carbocycles. The van der Waals surface area contributed by atoms with Gasteiger partial charge >= 0.3 is 0 Å². The standard InChI is InChI=1S/C9H16N6O/c1-6-5-7(14(2)3)13-9(12-6)15(16-4)8(10)11/h5H,1-4H3,(H3,10,11). The van der Waals surface area contributed by atoms with Gasteiger partial charge in [-0.3, -0.25) is 10.2 Å². The van der Waals surface area contributed by atoms with Crippen LogP contribution in [-0.4, -0.2) is 37.1 Å². The number of hydroxylamine groups is 1. The summed E-state index contributed by atoms with van der Waals surface area (Å²) >= 11 is 0. The Labute approximate surface area is 94.3 Å². The van der Waals surface area contributed by atoms with Crippen molar-refractivity contribution in [2.24, 2.45) is 5.73 Å². The molecule has 1 rings (SSSR count). The number of anilines is 2. The molecule has 0 unspecified atom stereocenters. The van der Waals surface area contributed by atoms with E-state index in [2.05, 4.69) is 9.97 Å². The molecule has 0 aliphatic rings. The van der Waals surface area contributed by atoms with E-state index in [4.69, 9.17) is 16.0 Å². The normalized spacial score (nSPS) is 10.0. The van der Waals surface area contributed by atoms with E-state index in [1.807, 2.05) is 32.0 Å². The van der Waals surface area contributed by atoms with Crippen molar-refractivity contribution in [1.29, 1.82) is 5.41 Å². The van der Waals surface area contributed by atoms with Crippen molar-refractivity contribution in [1.82, 2.24) is 9.97 Å². The summed E-state index contributed by atoms with van der Waals surface area (Å²) in [5.41, 5.74) is 6.12. The van der Waals surface area contributed by atoms with Gasteiger partial charge in [-0.2, -0.15) is 10.0 Å². The number of hydrogen-bond donors (Lipinski definition) is 2. The number of aryl methyl sites for hydroxylation is 1. The van der Waals surface area contributed by atoms with Crippen LogP contribution in [0.25, 0.3) is 0 Å². The molecule has 0 atom stereocenters. The van der Waals surface area contributed by atoms with Crippen LogP contribution >= 0.6 is 0 Å². The Morgan fingerprint density at radius 2 is 2.06 bits per heavy atom. The van der Waals surface area contributed by atoms with Crippen molar-refractivity contribution in [3.8, 4) is 0 Å². The maximum absolute atomic E-state index is 7.32. The maximum Gasteiger partial charge on any atom is 0.259 e. The van der Waals surface area contributed by atoms with E-state index in [1.165, 1.54) is 7.11 Å². The Hall–Kier alpha value is -1.89. The van der Waals surface area contributed by atoms with Crippen LogP contribution in [0.5, 0.6) is 0 Å². The first-order chi connectivity index (χ1) is 7.45. The summed E-state index contributed by atoms with van der Waals surface area (Å²) in [5, 5.41) is 8.38. The first-order valence-electron chi connectivity index (χ1n) is 4.67. The van der Waals surface area contributed by atoms with Crippen molar-refractivity contribution in [2.45, 2.75) is 6.92 Å².